The molecule has 5 rings (SSSR count). The summed E-state index contributed by atoms with van der Waals surface area (Å²) in [4.78, 5) is 4.75. The maximum atomic E-state index is 14.3. The molecule has 1 aliphatic rings. The van der Waals surface area contributed by atoms with Crippen molar-refractivity contribution in [3.05, 3.63) is 54.5 Å². The van der Waals surface area contributed by atoms with Crippen molar-refractivity contribution in [1.29, 1.82) is 0 Å². The zero-order chi connectivity index (χ0) is 17.8. The number of nitrogens with two attached hydrogens (primary N) is 1. The van der Waals surface area contributed by atoms with Crippen LogP contribution in [0.4, 0.5) is 10.1 Å². The van der Waals surface area contributed by atoms with E-state index in [0.29, 0.717) is 39.3 Å². The molecule has 26 heavy (non-hydrogen) atoms. The Bertz CT molecular complexity index is 1160. The molecule has 0 spiro atoms. The standard InChI is InChI=1S/C21H18FN3O/c22-16-10-2-1-7-13(16)14-8-4-9-15-19(23)18-17(24-20(14)15)11-25(21(18)26)12-5-3-6-12/h1-2,4,7-12,26H,3,5-6,23H2. The number of nitrogen functional groups attached to an aromatic ring is 1. The molecule has 1 saturated carbocycles. The summed E-state index contributed by atoms with van der Waals surface area (Å²) < 4.78 is 16.2. The van der Waals surface area contributed by atoms with Crippen LogP contribution in [-0.2, 0) is 0 Å². The molecule has 0 saturated heterocycles. The van der Waals surface area contributed by atoms with E-state index in [1.807, 2.05) is 29.0 Å². The average Bonchev–Trinajstić information content (AvgIpc) is 2.91. The quantitative estimate of drug-likeness (QED) is 0.536. The molecular formula is C21H18FN3O. The largest absolute Gasteiger partial charge is 0.494 e. The lowest BCUT2D eigenvalue weighted by Crippen LogP contribution is -2.15. The topological polar surface area (TPSA) is 64.1 Å². The summed E-state index contributed by atoms with van der Waals surface area (Å²) in [5.74, 6) is -0.122. The number of rotatable bonds is 2. The monoisotopic (exact) mass is 347 g/mol. The first-order valence-corrected chi connectivity index (χ1v) is 8.82. The average molecular weight is 347 g/mol. The normalized spacial score (nSPS) is 14.8. The van der Waals surface area contributed by atoms with Gasteiger partial charge in [-0.05, 0) is 25.3 Å². The second-order valence-corrected chi connectivity index (χ2v) is 6.91. The molecule has 3 N–H and O–H groups in total. The molecule has 2 aromatic heterocycles. The number of halogens is 1. The first-order chi connectivity index (χ1) is 12.6. The Balaban J connectivity index is 1.84. The fourth-order valence-electron chi connectivity index (χ4n) is 3.82. The third kappa shape index (κ3) is 2.03. The first-order valence-electron chi connectivity index (χ1n) is 8.82. The van der Waals surface area contributed by atoms with E-state index in [1.165, 1.54) is 12.5 Å². The van der Waals surface area contributed by atoms with Crippen LogP contribution in [0.15, 0.2) is 48.7 Å². The lowest BCUT2D eigenvalue weighted by atomic mass is 9.93. The van der Waals surface area contributed by atoms with Crippen LogP contribution in [0.1, 0.15) is 25.3 Å². The van der Waals surface area contributed by atoms with E-state index in [9.17, 15) is 9.50 Å². The molecule has 0 aliphatic heterocycles. The third-order valence-corrected chi connectivity index (χ3v) is 5.45. The molecule has 5 heteroatoms. The maximum Gasteiger partial charge on any atom is 0.203 e. The van der Waals surface area contributed by atoms with Gasteiger partial charge in [0, 0.05) is 28.8 Å². The van der Waals surface area contributed by atoms with Gasteiger partial charge >= 0.3 is 0 Å². The summed E-state index contributed by atoms with van der Waals surface area (Å²) >= 11 is 0. The molecule has 0 amide bonds. The van der Waals surface area contributed by atoms with Crippen LogP contribution < -0.4 is 5.73 Å². The van der Waals surface area contributed by atoms with Crippen molar-refractivity contribution in [3.8, 4) is 17.0 Å². The van der Waals surface area contributed by atoms with Gasteiger partial charge in [0.1, 0.15) is 5.82 Å². The third-order valence-electron chi connectivity index (χ3n) is 5.45. The number of nitrogens with zero attached hydrogens (tertiary/aromatic N) is 2. The second kappa shape index (κ2) is 5.46. The number of anilines is 1. The molecule has 1 fully saturated rings. The van der Waals surface area contributed by atoms with Crippen LogP contribution >= 0.6 is 0 Å². The summed E-state index contributed by atoms with van der Waals surface area (Å²) in [7, 11) is 0. The van der Waals surface area contributed by atoms with Gasteiger partial charge in [0.25, 0.3) is 0 Å². The summed E-state index contributed by atoms with van der Waals surface area (Å²) in [6, 6.07) is 12.5. The van der Waals surface area contributed by atoms with Crippen molar-refractivity contribution in [2.24, 2.45) is 0 Å². The molecule has 2 aromatic carbocycles. The van der Waals surface area contributed by atoms with Gasteiger partial charge in [-0.15, -0.1) is 0 Å². The smallest absolute Gasteiger partial charge is 0.203 e. The van der Waals surface area contributed by atoms with E-state index >= 15 is 0 Å². The van der Waals surface area contributed by atoms with Gasteiger partial charge in [-0.25, -0.2) is 9.37 Å². The van der Waals surface area contributed by atoms with Crippen molar-refractivity contribution in [3.63, 3.8) is 0 Å². The fraction of sp³-hybridized carbons (Fsp3) is 0.190. The summed E-state index contributed by atoms with van der Waals surface area (Å²) in [5.41, 5.74) is 9.37. The number of hydrogen-bond acceptors (Lipinski definition) is 3. The van der Waals surface area contributed by atoms with Crippen molar-refractivity contribution >= 4 is 27.5 Å². The predicted molar refractivity (Wildman–Crippen MR) is 102 cm³/mol. The van der Waals surface area contributed by atoms with Gasteiger partial charge in [-0.3, -0.25) is 0 Å². The minimum absolute atomic E-state index is 0.174. The van der Waals surface area contributed by atoms with Gasteiger partial charge < -0.3 is 15.4 Å². The number of hydrogen-bond donors (Lipinski definition) is 2. The van der Waals surface area contributed by atoms with E-state index < -0.39 is 0 Å². The molecule has 1 aliphatic carbocycles. The van der Waals surface area contributed by atoms with Crippen molar-refractivity contribution < 1.29 is 9.50 Å². The minimum atomic E-state index is -0.296. The Labute approximate surface area is 149 Å². The Morgan fingerprint density at radius 2 is 1.85 bits per heavy atom. The maximum absolute atomic E-state index is 14.3. The van der Waals surface area contributed by atoms with Crippen LogP contribution in [0.2, 0.25) is 0 Å². The van der Waals surface area contributed by atoms with Gasteiger partial charge in [0.15, 0.2) is 0 Å². The van der Waals surface area contributed by atoms with Gasteiger partial charge in [-0.1, -0.05) is 36.4 Å². The summed E-state index contributed by atoms with van der Waals surface area (Å²) in [6.45, 7) is 0. The lowest BCUT2D eigenvalue weighted by Gasteiger charge is -2.27. The molecule has 130 valence electrons. The number of para-hydroxylation sites is 1. The zero-order valence-electron chi connectivity index (χ0n) is 14.1. The van der Waals surface area contributed by atoms with Gasteiger partial charge in [0.2, 0.25) is 5.88 Å². The van der Waals surface area contributed by atoms with Crippen molar-refractivity contribution in [2.75, 3.05) is 5.73 Å². The molecule has 0 bridgehead atoms. The van der Waals surface area contributed by atoms with E-state index in [-0.39, 0.29) is 11.7 Å². The van der Waals surface area contributed by atoms with Crippen LogP contribution in [-0.4, -0.2) is 14.7 Å². The Morgan fingerprint density at radius 3 is 2.58 bits per heavy atom. The molecule has 0 unspecified atom stereocenters. The first kappa shape index (κ1) is 15.2. The van der Waals surface area contributed by atoms with Crippen LogP contribution in [0.5, 0.6) is 5.88 Å². The molecule has 0 atom stereocenters. The predicted octanol–water partition coefficient (Wildman–Crippen LogP) is 5.01. The van der Waals surface area contributed by atoms with E-state index in [1.54, 1.807) is 18.2 Å². The highest BCUT2D eigenvalue weighted by molar-refractivity contribution is 6.12. The number of fused-ring (bicyclic) bond motifs is 2. The lowest BCUT2D eigenvalue weighted by molar-refractivity contribution is 0.283. The molecule has 4 nitrogen and oxygen atoms in total. The highest BCUT2D eigenvalue weighted by Crippen LogP contribution is 2.43. The number of benzene rings is 2. The minimum Gasteiger partial charge on any atom is -0.494 e. The zero-order valence-corrected chi connectivity index (χ0v) is 14.1. The Hall–Kier alpha value is -3.08. The summed E-state index contributed by atoms with van der Waals surface area (Å²) in [6.07, 6.45) is 5.13. The highest BCUT2D eigenvalue weighted by atomic mass is 19.1. The number of aromatic nitrogens is 2. The number of pyridine rings is 1. The van der Waals surface area contributed by atoms with Crippen LogP contribution in [0, 0.1) is 5.82 Å². The van der Waals surface area contributed by atoms with E-state index in [0.717, 1.165) is 18.2 Å². The molecule has 2 heterocycles. The Morgan fingerprint density at radius 1 is 1.08 bits per heavy atom. The van der Waals surface area contributed by atoms with Crippen LogP contribution in [0.25, 0.3) is 32.9 Å². The highest BCUT2D eigenvalue weighted by Gasteiger charge is 2.25. The van der Waals surface area contributed by atoms with Gasteiger partial charge in [0.05, 0.1) is 22.1 Å². The van der Waals surface area contributed by atoms with Crippen molar-refractivity contribution in [1.82, 2.24) is 9.55 Å². The van der Waals surface area contributed by atoms with E-state index in [2.05, 4.69) is 0 Å². The van der Waals surface area contributed by atoms with Crippen LogP contribution in [0.3, 0.4) is 0 Å². The Kier molecular flexibility index (Phi) is 3.19. The number of aromatic hydroxyl groups is 1. The van der Waals surface area contributed by atoms with Crippen molar-refractivity contribution in [2.45, 2.75) is 25.3 Å². The molecule has 0 radical (unpaired) electrons. The van der Waals surface area contributed by atoms with E-state index in [4.69, 9.17) is 10.7 Å². The fourth-order valence-corrected chi connectivity index (χ4v) is 3.82. The molecule has 4 aromatic rings. The second-order valence-electron chi connectivity index (χ2n) is 6.91. The summed E-state index contributed by atoms with van der Waals surface area (Å²) in [5, 5.41) is 12.0. The van der Waals surface area contributed by atoms with Gasteiger partial charge in [-0.2, -0.15) is 0 Å². The molecular weight excluding hydrogens is 329 g/mol. The SMILES string of the molecule is Nc1c2cccc(-c3ccccc3F)c2nc2cn(C3CCC3)c(O)c12.